The molecule has 0 bridgehead atoms. The standard InChI is InChI=1S/C22H21Cl2NO4S/c1-3-4-11-28-22(27)19-15-7-5-6-8-18(15)30-21(19)25-20(26)13(2)29-17-10-9-14(23)12-16(17)24/h5-10,12-13H,3-4,11H2,1-2H3,(H,25,26). The number of nitrogens with one attached hydrogen (secondary N) is 1. The van der Waals surface area contributed by atoms with Crippen molar-refractivity contribution in [3.8, 4) is 5.75 Å². The molecule has 0 aliphatic heterocycles. The van der Waals surface area contributed by atoms with Gasteiger partial charge in [0.1, 0.15) is 16.3 Å². The summed E-state index contributed by atoms with van der Waals surface area (Å²) >= 11 is 13.3. The van der Waals surface area contributed by atoms with Crippen LogP contribution in [-0.2, 0) is 9.53 Å². The number of benzene rings is 2. The molecule has 0 aliphatic carbocycles. The van der Waals surface area contributed by atoms with Gasteiger partial charge in [0.2, 0.25) is 0 Å². The fraction of sp³-hybridized carbons (Fsp3) is 0.273. The Hall–Kier alpha value is -2.28. The molecule has 0 radical (unpaired) electrons. The summed E-state index contributed by atoms with van der Waals surface area (Å²) < 4.78 is 11.9. The molecular formula is C22H21Cl2NO4S. The van der Waals surface area contributed by atoms with Crippen molar-refractivity contribution in [3.63, 3.8) is 0 Å². The van der Waals surface area contributed by atoms with Gasteiger partial charge in [-0.05, 0) is 37.6 Å². The number of carbonyl (C=O) groups excluding carboxylic acids is 2. The van der Waals surface area contributed by atoms with E-state index in [9.17, 15) is 9.59 Å². The average Bonchev–Trinajstić information content (AvgIpc) is 3.08. The lowest BCUT2D eigenvalue weighted by Gasteiger charge is -2.16. The van der Waals surface area contributed by atoms with Gasteiger partial charge in [-0.15, -0.1) is 11.3 Å². The monoisotopic (exact) mass is 465 g/mol. The Balaban J connectivity index is 1.80. The normalized spacial score (nSPS) is 11.9. The highest BCUT2D eigenvalue weighted by molar-refractivity contribution is 7.23. The molecule has 1 unspecified atom stereocenters. The summed E-state index contributed by atoms with van der Waals surface area (Å²) in [4.78, 5) is 25.5. The fourth-order valence-electron chi connectivity index (χ4n) is 2.75. The Bertz CT molecular complexity index is 1070. The van der Waals surface area contributed by atoms with Gasteiger partial charge in [0.25, 0.3) is 5.91 Å². The van der Waals surface area contributed by atoms with Crippen LogP contribution in [0.5, 0.6) is 5.75 Å². The minimum absolute atomic E-state index is 0.309. The zero-order valence-corrected chi connectivity index (χ0v) is 18.9. The molecule has 3 rings (SSSR count). The van der Waals surface area contributed by atoms with Gasteiger partial charge in [-0.1, -0.05) is 54.7 Å². The lowest BCUT2D eigenvalue weighted by Crippen LogP contribution is -2.30. The molecule has 2 aromatic carbocycles. The van der Waals surface area contributed by atoms with Gasteiger partial charge in [0.15, 0.2) is 6.10 Å². The molecule has 1 heterocycles. The predicted molar refractivity (Wildman–Crippen MR) is 122 cm³/mol. The number of hydrogen-bond acceptors (Lipinski definition) is 5. The van der Waals surface area contributed by atoms with Crippen molar-refractivity contribution in [2.75, 3.05) is 11.9 Å². The highest BCUT2D eigenvalue weighted by atomic mass is 35.5. The van der Waals surface area contributed by atoms with Crippen LogP contribution < -0.4 is 10.1 Å². The maximum Gasteiger partial charge on any atom is 0.341 e. The second-order valence-electron chi connectivity index (χ2n) is 6.62. The van der Waals surface area contributed by atoms with Gasteiger partial charge in [-0.2, -0.15) is 0 Å². The number of thiophene rings is 1. The van der Waals surface area contributed by atoms with Gasteiger partial charge >= 0.3 is 5.97 Å². The Morgan fingerprint density at radius 1 is 1.17 bits per heavy atom. The first-order valence-electron chi connectivity index (χ1n) is 9.52. The van der Waals surface area contributed by atoms with Crippen LogP contribution in [0.1, 0.15) is 37.0 Å². The third-order valence-corrected chi connectivity index (χ3v) is 5.95. The Kier molecular flexibility index (Phi) is 7.58. The van der Waals surface area contributed by atoms with Crippen LogP contribution in [0.2, 0.25) is 10.0 Å². The zero-order valence-electron chi connectivity index (χ0n) is 16.5. The first-order chi connectivity index (χ1) is 14.4. The van der Waals surface area contributed by atoms with Crippen molar-refractivity contribution < 1.29 is 19.1 Å². The Morgan fingerprint density at radius 3 is 2.67 bits per heavy atom. The second-order valence-corrected chi connectivity index (χ2v) is 8.51. The van der Waals surface area contributed by atoms with E-state index in [2.05, 4.69) is 5.32 Å². The minimum atomic E-state index is -0.849. The first-order valence-corrected chi connectivity index (χ1v) is 11.1. The number of ether oxygens (including phenoxy) is 2. The third-order valence-electron chi connectivity index (χ3n) is 4.33. The van der Waals surface area contributed by atoms with Gasteiger partial charge < -0.3 is 14.8 Å². The summed E-state index contributed by atoms with van der Waals surface area (Å²) in [5, 5.41) is 4.76. The lowest BCUT2D eigenvalue weighted by atomic mass is 10.1. The average molecular weight is 466 g/mol. The van der Waals surface area contributed by atoms with Gasteiger partial charge in [0, 0.05) is 15.1 Å². The minimum Gasteiger partial charge on any atom is -0.479 e. The maximum atomic E-state index is 12.8. The summed E-state index contributed by atoms with van der Waals surface area (Å²) in [5.41, 5.74) is 0.358. The van der Waals surface area contributed by atoms with E-state index in [1.165, 1.54) is 11.3 Å². The number of carbonyl (C=O) groups is 2. The fourth-order valence-corrected chi connectivity index (χ4v) is 4.29. The molecule has 0 fully saturated rings. The van der Waals surface area contributed by atoms with E-state index in [0.717, 1.165) is 22.9 Å². The van der Waals surface area contributed by atoms with Crippen LogP contribution in [0, 0.1) is 0 Å². The molecule has 0 spiro atoms. The number of halogens is 2. The van der Waals surface area contributed by atoms with Crippen LogP contribution in [0.3, 0.4) is 0 Å². The highest BCUT2D eigenvalue weighted by Crippen LogP contribution is 2.36. The number of unbranched alkanes of at least 4 members (excludes halogenated alkanes) is 1. The second kappa shape index (κ2) is 10.2. The molecule has 1 amide bonds. The molecule has 1 aromatic heterocycles. The van der Waals surface area contributed by atoms with Crippen molar-refractivity contribution in [1.29, 1.82) is 0 Å². The summed E-state index contributed by atoms with van der Waals surface area (Å²) in [6.45, 7) is 3.96. The number of esters is 1. The predicted octanol–water partition coefficient (Wildman–Crippen LogP) is 6.57. The number of amides is 1. The van der Waals surface area contributed by atoms with E-state index in [-0.39, 0.29) is 0 Å². The van der Waals surface area contributed by atoms with Gasteiger partial charge in [0.05, 0.1) is 11.6 Å². The Labute approximate surface area is 188 Å². The molecule has 5 nitrogen and oxygen atoms in total. The molecule has 158 valence electrons. The molecule has 1 atom stereocenters. The van der Waals surface area contributed by atoms with Crippen molar-refractivity contribution in [2.24, 2.45) is 0 Å². The molecular weight excluding hydrogens is 445 g/mol. The van der Waals surface area contributed by atoms with Crippen LogP contribution in [-0.4, -0.2) is 24.6 Å². The van der Waals surface area contributed by atoms with Crippen molar-refractivity contribution in [3.05, 3.63) is 58.1 Å². The summed E-state index contributed by atoms with van der Waals surface area (Å²) in [6, 6.07) is 12.2. The van der Waals surface area contributed by atoms with Crippen LogP contribution in [0.15, 0.2) is 42.5 Å². The zero-order chi connectivity index (χ0) is 21.7. The molecule has 1 N–H and O–H groups in total. The van der Waals surface area contributed by atoms with Crippen LogP contribution in [0.4, 0.5) is 5.00 Å². The number of rotatable bonds is 8. The summed E-state index contributed by atoms with van der Waals surface area (Å²) in [5.74, 6) is -0.514. The maximum absolute atomic E-state index is 12.8. The van der Waals surface area contributed by atoms with E-state index >= 15 is 0 Å². The topological polar surface area (TPSA) is 64.6 Å². The smallest absolute Gasteiger partial charge is 0.341 e. The number of fused-ring (bicyclic) bond motifs is 1. The van der Waals surface area contributed by atoms with E-state index in [0.29, 0.717) is 33.0 Å². The van der Waals surface area contributed by atoms with E-state index in [4.69, 9.17) is 32.7 Å². The molecule has 0 saturated heterocycles. The van der Waals surface area contributed by atoms with Crippen molar-refractivity contribution >= 4 is 61.5 Å². The molecule has 3 aromatic rings. The van der Waals surface area contributed by atoms with E-state index in [1.54, 1.807) is 25.1 Å². The molecule has 8 heteroatoms. The largest absolute Gasteiger partial charge is 0.479 e. The Morgan fingerprint density at radius 2 is 1.93 bits per heavy atom. The van der Waals surface area contributed by atoms with Crippen molar-refractivity contribution in [2.45, 2.75) is 32.8 Å². The first kappa shape index (κ1) is 22.4. The number of anilines is 1. The SMILES string of the molecule is CCCCOC(=O)c1c(NC(=O)C(C)Oc2ccc(Cl)cc2Cl)sc2ccccc12. The van der Waals surface area contributed by atoms with E-state index < -0.39 is 18.0 Å². The van der Waals surface area contributed by atoms with E-state index in [1.807, 2.05) is 31.2 Å². The molecule has 30 heavy (non-hydrogen) atoms. The van der Waals surface area contributed by atoms with Gasteiger partial charge in [-0.3, -0.25) is 4.79 Å². The van der Waals surface area contributed by atoms with Crippen LogP contribution >= 0.6 is 34.5 Å². The quantitative estimate of drug-likeness (QED) is 0.301. The summed E-state index contributed by atoms with van der Waals surface area (Å²) in [7, 11) is 0. The van der Waals surface area contributed by atoms with Crippen LogP contribution in [0.25, 0.3) is 10.1 Å². The van der Waals surface area contributed by atoms with Gasteiger partial charge in [-0.25, -0.2) is 4.79 Å². The summed E-state index contributed by atoms with van der Waals surface area (Å²) in [6.07, 6.45) is 0.851. The molecule has 0 saturated carbocycles. The third kappa shape index (κ3) is 5.25. The van der Waals surface area contributed by atoms with Crippen molar-refractivity contribution in [1.82, 2.24) is 0 Å². The molecule has 0 aliphatic rings. The highest BCUT2D eigenvalue weighted by Gasteiger charge is 2.24. The number of hydrogen-bond donors (Lipinski definition) is 1. The lowest BCUT2D eigenvalue weighted by molar-refractivity contribution is -0.122.